The first-order valence-corrected chi connectivity index (χ1v) is 0.880. The maximum Gasteiger partial charge on any atom is 0.373 e. The molecule has 0 heterocycles. The van der Waals surface area contributed by atoms with E-state index >= 15 is 0 Å². The van der Waals surface area contributed by atoms with E-state index in [1.165, 1.54) is 0 Å². The fraction of sp³-hybridized carbons (Fsp3) is 0. The van der Waals surface area contributed by atoms with Crippen LogP contribution in [-0.4, -0.2) is 8.05 Å². The Balaban J connectivity index is 2.30. The fourth-order valence-corrected chi connectivity index (χ4v) is 0. The molecule has 0 aliphatic rings. The Hall–Kier alpha value is -0.395. The van der Waals surface area contributed by atoms with Crippen LogP contribution in [0, 0.1) is 0 Å². The minimum atomic E-state index is 1.15. The molecule has 0 bridgehead atoms. The molecule has 0 fully saturated rings. The summed E-state index contributed by atoms with van der Waals surface area (Å²) in [5, 5.41) is 0. The molecular weight excluding hydrogens is 50.8 g/mol. The van der Waals surface area contributed by atoms with Gasteiger partial charge < -0.3 is 4.65 Å². The number of hydrogen-bond acceptors (Lipinski definition) is 1. The van der Waals surface area contributed by atoms with E-state index in [0.29, 0.717) is 0 Å². The average molecular weight is 53.9 g/mol. The first kappa shape index (κ1) is 3.60. The van der Waals surface area contributed by atoms with Crippen LogP contribution in [0.2, 0.25) is 0 Å². The molecule has 0 atom stereocenters. The lowest BCUT2D eigenvalue weighted by Crippen LogP contribution is -1.59. The van der Waals surface area contributed by atoms with Crippen LogP contribution in [0.25, 0.3) is 0 Å². The van der Waals surface area contributed by atoms with E-state index in [9.17, 15) is 0 Å². The van der Waals surface area contributed by atoms with E-state index < -0.39 is 0 Å². The van der Waals surface area contributed by atoms with Crippen molar-refractivity contribution in [3.05, 3.63) is 12.8 Å². The Morgan fingerprint density at radius 1 is 2.00 bits per heavy atom. The maximum absolute atomic E-state index is 4.41. The van der Waals surface area contributed by atoms with Crippen molar-refractivity contribution in [1.82, 2.24) is 0 Å². The molecule has 0 amide bonds. The number of rotatable bonds is 1. The first-order chi connectivity index (χ1) is 1.91. The second kappa shape index (κ2) is 2.60. The Morgan fingerprint density at radius 3 is 2.25 bits per heavy atom. The largest absolute Gasteiger partial charge is 0.573 e. The van der Waals surface area contributed by atoms with Gasteiger partial charge in [0.1, 0.15) is 0 Å². The van der Waals surface area contributed by atoms with Gasteiger partial charge in [0.15, 0.2) is 0 Å². The van der Waals surface area contributed by atoms with Crippen LogP contribution in [0.1, 0.15) is 0 Å². The summed E-state index contributed by atoms with van der Waals surface area (Å²) in [6.45, 7) is 3.13. The van der Waals surface area contributed by atoms with Gasteiger partial charge in [-0.1, -0.05) is 6.58 Å². The molecule has 20 valence electrons. The molecule has 0 aromatic heterocycles. The Bertz CT molecular complexity index is 20.0. The van der Waals surface area contributed by atoms with Gasteiger partial charge in [-0.05, 0) is 0 Å². The van der Waals surface area contributed by atoms with Crippen LogP contribution < -0.4 is 0 Å². The molecule has 4 heavy (non-hydrogen) atoms. The highest BCUT2D eigenvalue weighted by Gasteiger charge is 1.40. The van der Waals surface area contributed by atoms with Crippen LogP contribution in [0.15, 0.2) is 12.8 Å². The highest BCUT2D eigenvalue weighted by atomic mass is 16.4. The lowest BCUT2D eigenvalue weighted by molar-refractivity contribution is 0.537. The molecular formula is C2H3BO. The summed E-state index contributed by atoms with van der Waals surface area (Å²) in [5.74, 6) is 0. The van der Waals surface area contributed by atoms with Crippen LogP contribution in [0.3, 0.4) is 0 Å². The second-order valence-corrected chi connectivity index (χ2v) is 0.303. The summed E-state index contributed by atoms with van der Waals surface area (Å²) in [6, 6.07) is 0. The topological polar surface area (TPSA) is 9.23 Å². The third kappa shape index (κ3) is 1.60. The van der Waals surface area contributed by atoms with E-state index in [4.69, 9.17) is 0 Å². The molecule has 0 saturated heterocycles. The number of hydrogen-bond donors (Lipinski definition) is 0. The Kier molecular flexibility index (Phi) is 2.35. The van der Waals surface area contributed by atoms with E-state index in [1.54, 1.807) is 0 Å². The Labute approximate surface area is 26.7 Å². The normalized spacial score (nSPS) is 5.00. The van der Waals surface area contributed by atoms with Crippen molar-refractivity contribution in [1.29, 1.82) is 0 Å². The van der Waals surface area contributed by atoms with Gasteiger partial charge >= 0.3 is 8.05 Å². The SMILES string of the molecule is [B]OC=C. The van der Waals surface area contributed by atoms with Gasteiger partial charge in [0.25, 0.3) is 0 Å². The highest BCUT2D eigenvalue weighted by Crippen LogP contribution is 1.50. The molecule has 0 aromatic carbocycles. The lowest BCUT2D eigenvalue weighted by Gasteiger charge is -1.73. The van der Waals surface area contributed by atoms with E-state index in [1.807, 2.05) is 0 Å². The van der Waals surface area contributed by atoms with Gasteiger partial charge in [0.05, 0.1) is 6.26 Å². The van der Waals surface area contributed by atoms with Crippen molar-refractivity contribution in [2.45, 2.75) is 0 Å². The van der Waals surface area contributed by atoms with E-state index in [0.717, 1.165) is 6.26 Å². The van der Waals surface area contributed by atoms with Gasteiger partial charge in [-0.15, -0.1) is 0 Å². The molecule has 0 aliphatic heterocycles. The minimum absolute atomic E-state index is 1.15. The summed E-state index contributed by atoms with van der Waals surface area (Å²) in [5.41, 5.74) is 0. The Morgan fingerprint density at radius 2 is 2.25 bits per heavy atom. The lowest BCUT2D eigenvalue weighted by atomic mass is 10.6. The highest BCUT2D eigenvalue weighted by molar-refractivity contribution is 5.98. The summed E-state index contributed by atoms with van der Waals surface area (Å²) >= 11 is 0. The second-order valence-electron chi connectivity index (χ2n) is 0.303. The monoisotopic (exact) mass is 54.0 g/mol. The molecule has 0 aliphatic carbocycles. The van der Waals surface area contributed by atoms with Crippen molar-refractivity contribution in [2.24, 2.45) is 0 Å². The van der Waals surface area contributed by atoms with Gasteiger partial charge in [-0.2, -0.15) is 0 Å². The maximum atomic E-state index is 4.41. The quantitative estimate of drug-likeness (QED) is 0.307. The van der Waals surface area contributed by atoms with Gasteiger partial charge in [-0.25, -0.2) is 0 Å². The van der Waals surface area contributed by atoms with Gasteiger partial charge in [0.2, 0.25) is 0 Å². The summed E-state index contributed by atoms with van der Waals surface area (Å²) < 4.78 is 3.81. The molecule has 1 nitrogen and oxygen atoms in total. The first-order valence-electron chi connectivity index (χ1n) is 0.880. The van der Waals surface area contributed by atoms with Crippen molar-refractivity contribution < 1.29 is 4.65 Å². The smallest absolute Gasteiger partial charge is 0.373 e. The molecule has 0 N–H and O–H groups in total. The standard InChI is InChI=1S/C2H3BO/c1-2-4-3/h2H,1H2. The van der Waals surface area contributed by atoms with E-state index in [2.05, 4.69) is 19.3 Å². The predicted molar refractivity (Wildman–Crippen MR) is 17.0 cm³/mol. The molecule has 0 aromatic rings. The molecule has 2 radical (unpaired) electrons. The van der Waals surface area contributed by atoms with Crippen LogP contribution >= 0.6 is 0 Å². The van der Waals surface area contributed by atoms with Gasteiger partial charge in [0, 0.05) is 0 Å². The zero-order valence-electron chi connectivity index (χ0n) is 2.27. The summed E-state index contributed by atoms with van der Waals surface area (Å²) in [4.78, 5) is 0. The van der Waals surface area contributed by atoms with Crippen LogP contribution in [0.4, 0.5) is 0 Å². The molecule has 0 rings (SSSR count). The van der Waals surface area contributed by atoms with Crippen molar-refractivity contribution >= 4 is 8.05 Å². The summed E-state index contributed by atoms with van der Waals surface area (Å²) in [7, 11) is 4.41. The molecule has 0 spiro atoms. The zero-order chi connectivity index (χ0) is 3.41. The van der Waals surface area contributed by atoms with Crippen LogP contribution in [0.5, 0.6) is 0 Å². The predicted octanol–water partition coefficient (Wildman–Crippen LogP) is 0.230. The van der Waals surface area contributed by atoms with Gasteiger partial charge in [-0.3, -0.25) is 0 Å². The molecule has 2 heteroatoms. The third-order valence-electron chi connectivity index (χ3n) is 0.0962. The summed E-state index contributed by atoms with van der Waals surface area (Å²) in [6.07, 6.45) is 1.15. The molecule has 0 unspecified atom stereocenters. The third-order valence-corrected chi connectivity index (χ3v) is 0.0962. The van der Waals surface area contributed by atoms with E-state index in [-0.39, 0.29) is 0 Å². The molecule has 0 saturated carbocycles. The zero-order valence-corrected chi connectivity index (χ0v) is 2.27. The fourth-order valence-electron chi connectivity index (χ4n) is 0. The van der Waals surface area contributed by atoms with Crippen LogP contribution in [-0.2, 0) is 4.65 Å². The van der Waals surface area contributed by atoms with Crippen molar-refractivity contribution in [2.75, 3.05) is 0 Å². The minimum Gasteiger partial charge on any atom is -0.573 e. The van der Waals surface area contributed by atoms with Crippen molar-refractivity contribution in [3.63, 3.8) is 0 Å². The average Bonchev–Trinajstić information content (AvgIpc) is 1.37. The van der Waals surface area contributed by atoms with Crippen molar-refractivity contribution in [3.8, 4) is 0 Å².